The monoisotopic (exact) mass is 302 g/mol. The van der Waals surface area contributed by atoms with E-state index in [0.29, 0.717) is 0 Å². The Labute approximate surface area is 130 Å². The number of methoxy groups -OCH3 is 1. The molecule has 0 N–H and O–H groups in total. The van der Waals surface area contributed by atoms with Gasteiger partial charge in [0.1, 0.15) is 10.8 Å². The van der Waals surface area contributed by atoms with Crippen molar-refractivity contribution in [2.75, 3.05) is 20.2 Å². The smallest absolute Gasteiger partial charge is 0.123 e. The number of hydrogen-bond donors (Lipinski definition) is 0. The molecule has 0 bridgehead atoms. The molecule has 3 rings (SSSR count). The number of ether oxygens (including phenoxy) is 1. The van der Waals surface area contributed by atoms with E-state index in [1.807, 2.05) is 12.1 Å². The molecule has 2 heterocycles. The SMILES string of the molecule is COc1ccc(-c2nc(CN3CCC(C)CC3)cs2)cc1. The summed E-state index contributed by atoms with van der Waals surface area (Å²) in [5, 5.41) is 3.29. The third kappa shape index (κ3) is 3.63. The van der Waals surface area contributed by atoms with E-state index in [-0.39, 0.29) is 0 Å². The van der Waals surface area contributed by atoms with Gasteiger partial charge in [-0.2, -0.15) is 0 Å². The zero-order valence-electron chi connectivity index (χ0n) is 12.7. The largest absolute Gasteiger partial charge is 0.497 e. The number of rotatable bonds is 4. The van der Waals surface area contributed by atoms with Crippen LogP contribution < -0.4 is 4.74 Å². The van der Waals surface area contributed by atoms with Crippen molar-refractivity contribution in [2.45, 2.75) is 26.3 Å². The lowest BCUT2D eigenvalue weighted by Gasteiger charge is -2.29. The summed E-state index contributed by atoms with van der Waals surface area (Å²) >= 11 is 1.73. The van der Waals surface area contributed by atoms with Gasteiger partial charge in [-0.15, -0.1) is 11.3 Å². The van der Waals surface area contributed by atoms with Gasteiger partial charge in [0.05, 0.1) is 12.8 Å². The van der Waals surface area contributed by atoms with Gasteiger partial charge < -0.3 is 4.74 Å². The summed E-state index contributed by atoms with van der Waals surface area (Å²) in [7, 11) is 1.69. The summed E-state index contributed by atoms with van der Waals surface area (Å²) in [6, 6.07) is 8.12. The van der Waals surface area contributed by atoms with E-state index in [1.165, 1.54) is 37.2 Å². The number of piperidine rings is 1. The fourth-order valence-corrected chi connectivity index (χ4v) is 3.51. The number of benzene rings is 1. The summed E-state index contributed by atoms with van der Waals surface area (Å²) < 4.78 is 5.20. The highest BCUT2D eigenvalue weighted by Gasteiger charge is 2.16. The lowest BCUT2D eigenvalue weighted by Crippen LogP contribution is -2.32. The zero-order valence-corrected chi connectivity index (χ0v) is 13.5. The van der Waals surface area contributed by atoms with Crippen LogP contribution in [0.2, 0.25) is 0 Å². The van der Waals surface area contributed by atoms with Gasteiger partial charge in [-0.25, -0.2) is 4.98 Å². The zero-order chi connectivity index (χ0) is 14.7. The molecule has 0 amide bonds. The summed E-state index contributed by atoms with van der Waals surface area (Å²) in [6.07, 6.45) is 2.63. The highest BCUT2D eigenvalue weighted by molar-refractivity contribution is 7.13. The van der Waals surface area contributed by atoms with Crippen molar-refractivity contribution in [1.29, 1.82) is 0 Å². The van der Waals surface area contributed by atoms with Crippen molar-refractivity contribution in [3.63, 3.8) is 0 Å². The topological polar surface area (TPSA) is 25.4 Å². The Morgan fingerprint density at radius 3 is 2.62 bits per heavy atom. The first-order valence-corrected chi connectivity index (χ1v) is 8.44. The maximum atomic E-state index is 5.20. The van der Waals surface area contributed by atoms with E-state index in [4.69, 9.17) is 9.72 Å². The van der Waals surface area contributed by atoms with E-state index < -0.39 is 0 Å². The molecule has 112 valence electrons. The van der Waals surface area contributed by atoms with Crippen molar-refractivity contribution >= 4 is 11.3 Å². The minimum absolute atomic E-state index is 0.881. The number of nitrogens with zero attached hydrogens (tertiary/aromatic N) is 2. The molecule has 21 heavy (non-hydrogen) atoms. The fourth-order valence-electron chi connectivity index (χ4n) is 2.70. The van der Waals surface area contributed by atoms with Gasteiger partial charge in [0.15, 0.2) is 0 Å². The summed E-state index contributed by atoms with van der Waals surface area (Å²) in [5.74, 6) is 1.77. The predicted octanol–water partition coefficient (Wildman–Crippen LogP) is 4.05. The first-order chi connectivity index (χ1) is 10.2. The maximum Gasteiger partial charge on any atom is 0.123 e. The number of hydrogen-bond acceptors (Lipinski definition) is 4. The molecule has 0 unspecified atom stereocenters. The molecule has 1 aliphatic rings. The second-order valence-electron chi connectivity index (χ2n) is 5.83. The lowest BCUT2D eigenvalue weighted by molar-refractivity contribution is 0.184. The molecule has 0 saturated carbocycles. The van der Waals surface area contributed by atoms with Gasteiger partial charge in [0, 0.05) is 17.5 Å². The summed E-state index contributed by atoms with van der Waals surface area (Å²) in [6.45, 7) is 5.74. The first kappa shape index (κ1) is 14.5. The highest BCUT2D eigenvalue weighted by Crippen LogP contribution is 2.26. The van der Waals surface area contributed by atoms with E-state index in [1.54, 1.807) is 18.4 Å². The number of likely N-dealkylation sites (tertiary alicyclic amines) is 1. The van der Waals surface area contributed by atoms with Gasteiger partial charge in [-0.1, -0.05) is 6.92 Å². The molecule has 2 aromatic rings. The van der Waals surface area contributed by atoms with Crippen LogP contribution in [0.25, 0.3) is 10.6 Å². The van der Waals surface area contributed by atoms with Crippen LogP contribution in [0.15, 0.2) is 29.6 Å². The molecule has 1 fully saturated rings. The van der Waals surface area contributed by atoms with Crippen LogP contribution in [-0.4, -0.2) is 30.1 Å². The van der Waals surface area contributed by atoms with Gasteiger partial charge in [0.25, 0.3) is 0 Å². The Morgan fingerprint density at radius 2 is 1.95 bits per heavy atom. The average Bonchev–Trinajstić information content (AvgIpc) is 2.98. The third-order valence-electron chi connectivity index (χ3n) is 4.15. The second kappa shape index (κ2) is 6.58. The van der Waals surface area contributed by atoms with E-state index in [9.17, 15) is 0 Å². The second-order valence-corrected chi connectivity index (χ2v) is 6.69. The van der Waals surface area contributed by atoms with Gasteiger partial charge in [-0.3, -0.25) is 4.90 Å². The van der Waals surface area contributed by atoms with Crippen LogP contribution in [0, 0.1) is 5.92 Å². The van der Waals surface area contributed by atoms with Crippen molar-refractivity contribution in [3.05, 3.63) is 35.3 Å². The molecule has 0 atom stereocenters. The van der Waals surface area contributed by atoms with Crippen molar-refractivity contribution < 1.29 is 4.74 Å². The van der Waals surface area contributed by atoms with Crippen LogP contribution in [0.3, 0.4) is 0 Å². The number of aromatic nitrogens is 1. The number of thiazole rings is 1. The van der Waals surface area contributed by atoms with Crippen molar-refractivity contribution in [3.8, 4) is 16.3 Å². The van der Waals surface area contributed by atoms with Crippen LogP contribution in [0.1, 0.15) is 25.5 Å². The van der Waals surface area contributed by atoms with E-state index >= 15 is 0 Å². The van der Waals surface area contributed by atoms with Crippen LogP contribution >= 0.6 is 11.3 Å². The molecule has 3 nitrogen and oxygen atoms in total. The predicted molar refractivity (Wildman–Crippen MR) is 87.8 cm³/mol. The van der Waals surface area contributed by atoms with Gasteiger partial charge in [-0.05, 0) is 56.1 Å². The van der Waals surface area contributed by atoms with Gasteiger partial charge in [0.2, 0.25) is 0 Å². The molecule has 4 heteroatoms. The quantitative estimate of drug-likeness (QED) is 0.852. The molecular weight excluding hydrogens is 280 g/mol. The molecule has 0 aliphatic carbocycles. The Morgan fingerprint density at radius 1 is 1.24 bits per heavy atom. The maximum absolute atomic E-state index is 5.20. The summed E-state index contributed by atoms with van der Waals surface area (Å²) in [5.41, 5.74) is 2.36. The normalized spacial score (nSPS) is 17.0. The van der Waals surface area contributed by atoms with Crippen molar-refractivity contribution in [2.24, 2.45) is 5.92 Å². The molecule has 1 aromatic carbocycles. The first-order valence-electron chi connectivity index (χ1n) is 7.56. The Hall–Kier alpha value is -1.39. The lowest BCUT2D eigenvalue weighted by atomic mass is 9.99. The van der Waals surface area contributed by atoms with E-state index in [0.717, 1.165) is 23.2 Å². The average molecular weight is 302 g/mol. The Kier molecular flexibility index (Phi) is 4.56. The molecule has 1 aliphatic heterocycles. The molecule has 0 spiro atoms. The van der Waals surface area contributed by atoms with Crippen molar-refractivity contribution in [1.82, 2.24) is 9.88 Å². The minimum atomic E-state index is 0.881. The van der Waals surface area contributed by atoms with E-state index in [2.05, 4.69) is 29.3 Å². The minimum Gasteiger partial charge on any atom is -0.497 e. The molecule has 1 saturated heterocycles. The van der Waals surface area contributed by atoms with Gasteiger partial charge >= 0.3 is 0 Å². The third-order valence-corrected chi connectivity index (χ3v) is 5.09. The van der Waals surface area contributed by atoms with Crippen LogP contribution in [-0.2, 0) is 6.54 Å². The highest BCUT2D eigenvalue weighted by atomic mass is 32.1. The van der Waals surface area contributed by atoms with Crippen LogP contribution in [0.5, 0.6) is 5.75 Å². The standard InChI is InChI=1S/C17H22N2OS/c1-13-7-9-19(10-8-13)11-15-12-21-17(18-15)14-3-5-16(20-2)6-4-14/h3-6,12-13H,7-11H2,1-2H3. The molecular formula is C17H22N2OS. The summed E-state index contributed by atoms with van der Waals surface area (Å²) in [4.78, 5) is 7.31. The van der Waals surface area contributed by atoms with Crippen LogP contribution in [0.4, 0.5) is 0 Å². The Balaban J connectivity index is 1.65. The Bertz CT molecular complexity index is 571. The molecule has 0 radical (unpaired) electrons. The fraction of sp³-hybridized carbons (Fsp3) is 0.471. The molecule has 1 aromatic heterocycles.